The Hall–Kier alpha value is -2.42. The Morgan fingerprint density at radius 1 is 0.966 bits per heavy atom. The summed E-state index contributed by atoms with van der Waals surface area (Å²) in [6, 6.07) is 10.4. The predicted octanol–water partition coefficient (Wildman–Crippen LogP) is 3.51. The van der Waals surface area contributed by atoms with E-state index >= 15 is 0 Å². The molecule has 0 N–H and O–H groups in total. The summed E-state index contributed by atoms with van der Waals surface area (Å²) < 4.78 is 36.6. The second kappa shape index (κ2) is 9.87. The van der Waals surface area contributed by atoms with E-state index < -0.39 is 22.0 Å². The van der Waals surface area contributed by atoms with Crippen LogP contribution in [0.5, 0.6) is 0 Å². The van der Waals surface area contributed by atoms with Gasteiger partial charge in [0.15, 0.2) is 0 Å². The molecule has 2 aromatic rings. The monoisotopic (exact) mass is 439 g/mol. The topological polar surface area (TPSA) is 90.0 Å². The van der Waals surface area contributed by atoms with Crippen molar-refractivity contribution >= 4 is 33.6 Å². The van der Waals surface area contributed by atoms with Gasteiger partial charge < -0.3 is 9.47 Å². The van der Waals surface area contributed by atoms with E-state index in [0.29, 0.717) is 11.1 Å². The molecule has 156 valence electrons. The third-order valence-corrected chi connectivity index (χ3v) is 6.77. The minimum Gasteiger partial charge on any atom is -0.465 e. The molecule has 0 aliphatic heterocycles. The highest BCUT2D eigenvalue weighted by molar-refractivity contribution is 7.89. The van der Waals surface area contributed by atoms with Gasteiger partial charge in [0, 0.05) is 13.1 Å². The lowest BCUT2D eigenvalue weighted by Crippen LogP contribution is -2.31. The van der Waals surface area contributed by atoms with Gasteiger partial charge in [-0.3, -0.25) is 0 Å². The predicted molar refractivity (Wildman–Crippen MR) is 108 cm³/mol. The molecule has 0 unspecified atom stereocenters. The lowest BCUT2D eigenvalue weighted by atomic mass is 10.1. The maximum absolute atomic E-state index is 12.7. The number of carbonyl (C=O) groups excluding carboxylic acids is 2. The van der Waals surface area contributed by atoms with E-state index in [4.69, 9.17) is 16.3 Å². The maximum atomic E-state index is 12.7. The Morgan fingerprint density at radius 2 is 1.55 bits per heavy atom. The van der Waals surface area contributed by atoms with Gasteiger partial charge in [0.1, 0.15) is 11.5 Å². The van der Waals surface area contributed by atoms with Crippen molar-refractivity contribution in [1.82, 2.24) is 4.31 Å². The van der Waals surface area contributed by atoms with Gasteiger partial charge in [0.25, 0.3) is 0 Å². The molecule has 0 aliphatic carbocycles. The molecule has 0 spiro atoms. The zero-order valence-corrected chi connectivity index (χ0v) is 17.9. The van der Waals surface area contributed by atoms with Gasteiger partial charge in [-0.1, -0.05) is 37.6 Å². The summed E-state index contributed by atoms with van der Waals surface area (Å²) in [6.45, 7) is 3.97. The first kappa shape index (κ1) is 22.9. The van der Waals surface area contributed by atoms with Crippen LogP contribution in [0.4, 0.5) is 0 Å². The van der Waals surface area contributed by atoms with E-state index in [1.807, 2.05) is 0 Å². The van der Waals surface area contributed by atoms with Crippen molar-refractivity contribution in [3.63, 3.8) is 0 Å². The normalized spacial score (nSPS) is 11.3. The van der Waals surface area contributed by atoms with Crippen LogP contribution in [0, 0.1) is 0 Å². The molecule has 29 heavy (non-hydrogen) atoms. The molecule has 0 aliphatic rings. The fraction of sp³-hybridized carbons (Fsp3) is 0.300. The van der Waals surface area contributed by atoms with Crippen LogP contribution in [0.3, 0.4) is 0 Å². The second-order valence-electron chi connectivity index (χ2n) is 6.00. The molecule has 0 saturated carbocycles. The van der Waals surface area contributed by atoms with Gasteiger partial charge in [0.05, 0.1) is 23.3 Å². The molecule has 0 bridgehead atoms. The summed E-state index contributed by atoms with van der Waals surface area (Å²) in [7, 11) is -2.53. The third-order valence-electron chi connectivity index (χ3n) is 4.24. The summed E-state index contributed by atoms with van der Waals surface area (Å²) in [5.74, 6) is -1.15. The highest BCUT2D eigenvalue weighted by Crippen LogP contribution is 2.26. The number of benzene rings is 2. The van der Waals surface area contributed by atoms with Gasteiger partial charge in [-0.15, -0.1) is 0 Å². The van der Waals surface area contributed by atoms with E-state index in [2.05, 4.69) is 4.74 Å². The molecule has 0 saturated heterocycles. The van der Waals surface area contributed by atoms with Crippen LogP contribution < -0.4 is 0 Å². The van der Waals surface area contributed by atoms with E-state index in [1.54, 1.807) is 38.1 Å². The van der Waals surface area contributed by atoms with Gasteiger partial charge in [-0.05, 0) is 35.9 Å². The van der Waals surface area contributed by atoms with Crippen LogP contribution in [-0.4, -0.2) is 44.9 Å². The number of ether oxygens (including phenoxy) is 2. The number of nitrogens with zero attached hydrogens (tertiary/aromatic N) is 1. The van der Waals surface area contributed by atoms with E-state index in [0.717, 1.165) is 0 Å². The Bertz CT molecular complexity index is 985. The smallest absolute Gasteiger partial charge is 0.338 e. The number of esters is 2. The standard InChI is InChI=1S/C20H22ClNO6S/c1-4-22(5-2)29(25,26)18-12-16(10-11-17(18)21)20(24)28-13-14-6-8-15(9-7-14)19(23)27-3/h6-12H,4-5,13H2,1-3H3. The van der Waals surface area contributed by atoms with Crippen molar-refractivity contribution in [2.75, 3.05) is 20.2 Å². The lowest BCUT2D eigenvalue weighted by Gasteiger charge is -2.19. The highest BCUT2D eigenvalue weighted by atomic mass is 35.5. The Labute approximate surface area is 175 Å². The highest BCUT2D eigenvalue weighted by Gasteiger charge is 2.25. The fourth-order valence-electron chi connectivity index (χ4n) is 2.62. The van der Waals surface area contributed by atoms with E-state index in [1.165, 1.54) is 29.6 Å². The second-order valence-corrected chi connectivity index (χ2v) is 8.31. The number of halogens is 1. The minimum absolute atomic E-state index is 0.0341. The van der Waals surface area contributed by atoms with Crippen molar-refractivity contribution in [1.29, 1.82) is 0 Å². The number of methoxy groups -OCH3 is 1. The quantitative estimate of drug-likeness (QED) is 0.584. The summed E-state index contributed by atoms with van der Waals surface area (Å²) >= 11 is 6.07. The van der Waals surface area contributed by atoms with Crippen LogP contribution >= 0.6 is 11.6 Å². The van der Waals surface area contributed by atoms with Crippen molar-refractivity contribution in [2.24, 2.45) is 0 Å². The Balaban J connectivity index is 2.17. The van der Waals surface area contributed by atoms with Crippen molar-refractivity contribution in [2.45, 2.75) is 25.3 Å². The molecule has 0 aromatic heterocycles. The van der Waals surface area contributed by atoms with Gasteiger partial charge >= 0.3 is 11.9 Å². The maximum Gasteiger partial charge on any atom is 0.338 e. The number of hydrogen-bond acceptors (Lipinski definition) is 6. The average molecular weight is 440 g/mol. The van der Waals surface area contributed by atoms with E-state index in [9.17, 15) is 18.0 Å². The van der Waals surface area contributed by atoms with Crippen LogP contribution in [0.15, 0.2) is 47.4 Å². The lowest BCUT2D eigenvalue weighted by molar-refractivity contribution is 0.0471. The molecule has 9 heteroatoms. The Kier molecular flexibility index (Phi) is 7.78. The molecule has 7 nitrogen and oxygen atoms in total. The molecular formula is C20H22ClNO6S. The molecule has 0 amide bonds. The van der Waals surface area contributed by atoms with Gasteiger partial charge in [0.2, 0.25) is 10.0 Å². The minimum atomic E-state index is -3.82. The molecule has 2 aromatic carbocycles. The number of hydrogen-bond donors (Lipinski definition) is 0. The molecule has 0 fully saturated rings. The summed E-state index contributed by atoms with van der Waals surface area (Å²) in [5.41, 5.74) is 1.12. The number of sulfonamides is 1. The molecule has 0 heterocycles. The van der Waals surface area contributed by atoms with Crippen LogP contribution in [0.2, 0.25) is 5.02 Å². The van der Waals surface area contributed by atoms with Gasteiger partial charge in [-0.2, -0.15) is 4.31 Å². The number of rotatable bonds is 8. The largest absolute Gasteiger partial charge is 0.465 e. The summed E-state index contributed by atoms with van der Waals surface area (Å²) in [4.78, 5) is 23.7. The van der Waals surface area contributed by atoms with Crippen LogP contribution in [-0.2, 0) is 26.1 Å². The summed E-state index contributed by atoms with van der Waals surface area (Å²) in [6.07, 6.45) is 0. The first-order chi connectivity index (χ1) is 13.7. The Morgan fingerprint density at radius 3 is 2.10 bits per heavy atom. The summed E-state index contributed by atoms with van der Waals surface area (Å²) in [5, 5.41) is 0.0341. The van der Waals surface area contributed by atoms with Crippen molar-refractivity contribution < 1.29 is 27.5 Å². The SMILES string of the molecule is CCN(CC)S(=O)(=O)c1cc(C(=O)OCc2ccc(C(=O)OC)cc2)ccc1Cl. The van der Waals surface area contributed by atoms with Crippen molar-refractivity contribution in [3.05, 3.63) is 64.2 Å². The molecule has 0 radical (unpaired) electrons. The van der Waals surface area contributed by atoms with Crippen molar-refractivity contribution in [3.8, 4) is 0 Å². The average Bonchev–Trinajstić information content (AvgIpc) is 2.72. The van der Waals surface area contributed by atoms with Gasteiger partial charge in [-0.25, -0.2) is 18.0 Å². The zero-order valence-electron chi connectivity index (χ0n) is 16.3. The zero-order chi connectivity index (χ0) is 21.6. The molecule has 2 rings (SSSR count). The van der Waals surface area contributed by atoms with Crippen LogP contribution in [0.25, 0.3) is 0 Å². The number of carbonyl (C=O) groups is 2. The first-order valence-electron chi connectivity index (χ1n) is 8.88. The third kappa shape index (κ3) is 5.35. The first-order valence-corrected chi connectivity index (χ1v) is 10.7. The molecular weight excluding hydrogens is 418 g/mol. The fourth-order valence-corrected chi connectivity index (χ4v) is 4.58. The molecule has 0 atom stereocenters. The van der Waals surface area contributed by atoms with Crippen LogP contribution in [0.1, 0.15) is 40.1 Å². The van der Waals surface area contributed by atoms with E-state index in [-0.39, 0.29) is 35.2 Å².